The Morgan fingerprint density at radius 2 is 1.62 bits per heavy atom. The number of thiazole rings is 1. The number of benzene rings is 3. The van der Waals surface area contributed by atoms with Crippen LogP contribution >= 0.6 is 34.9 Å². The van der Waals surface area contributed by atoms with E-state index in [0.29, 0.717) is 36.7 Å². The molecule has 0 aliphatic carbocycles. The fourth-order valence-electron chi connectivity index (χ4n) is 5.33. The average molecular weight is 732 g/mol. The molecule has 2 heterocycles. The van der Waals surface area contributed by atoms with E-state index in [2.05, 4.69) is 22.8 Å². The normalized spacial score (nSPS) is 14.6. The number of hydrogen-bond donors (Lipinski definition) is 0. The number of rotatable bonds is 14. The van der Waals surface area contributed by atoms with Crippen molar-refractivity contribution in [3.8, 4) is 16.9 Å². The van der Waals surface area contributed by atoms with Crippen molar-refractivity contribution in [1.29, 1.82) is 0 Å². The molecule has 0 fully saturated rings. The van der Waals surface area contributed by atoms with Crippen molar-refractivity contribution in [1.82, 2.24) is 0 Å². The number of aryl methyl sites for hydroxylation is 1. The number of allylic oxidation sites excluding steroid dienone is 2. The minimum atomic E-state index is -4.49. The van der Waals surface area contributed by atoms with Gasteiger partial charge in [0.15, 0.2) is 12.3 Å². The van der Waals surface area contributed by atoms with Gasteiger partial charge in [-0.05, 0) is 60.3 Å². The Kier molecular flexibility index (Phi) is 11.4. The van der Waals surface area contributed by atoms with Crippen LogP contribution in [-0.4, -0.2) is 56.5 Å². The van der Waals surface area contributed by atoms with Crippen molar-refractivity contribution >= 4 is 77.1 Å². The van der Waals surface area contributed by atoms with Crippen LogP contribution in [0.3, 0.4) is 0 Å². The highest BCUT2D eigenvalue weighted by Crippen LogP contribution is 2.42. The minimum absolute atomic E-state index is 0.0691. The van der Waals surface area contributed by atoms with E-state index in [-0.39, 0.29) is 13.0 Å². The Hall–Kier alpha value is -2.85. The Morgan fingerprint density at radius 3 is 2.28 bits per heavy atom. The summed E-state index contributed by atoms with van der Waals surface area (Å²) in [6.45, 7) is 2.47. The van der Waals surface area contributed by atoms with Gasteiger partial charge in [-0.2, -0.15) is 4.57 Å². The monoisotopic (exact) mass is 731 g/mol. The summed E-state index contributed by atoms with van der Waals surface area (Å²) in [5, 5.41) is 0.944. The van der Waals surface area contributed by atoms with Gasteiger partial charge in [0.1, 0.15) is 4.70 Å². The highest BCUT2D eigenvalue weighted by Gasteiger charge is 2.28. The second-order valence-corrected chi connectivity index (χ2v) is 16.7. The van der Waals surface area contributed by atoms with Gasteiger partial charge in [0.25, 0.3) is 5.01 Å². The highest BCUT2D eigenvalue weighted by molar-refractivity contribution is 8.01. The van der Waals surface area contributed by atoms with Crippen LogP contribution in [0.5, 0.6) is 5.75 Å². The topological polar surface area (TPSA) is 131 Å². The number of hydrogen-bond acceptors (Lipinski definition) is 11. The van der Waals surface area contributed by atoms with Gasteiger partial charge >= 0.3 is 0 Å². The van der Waals surface area contributed by atoms with Gasteiger partial charge in [0.05, 0.1) is 31.7 Å². The molecule has 5 rings (SSSR count). The first-order valence-electron chi connectivity index (χ1n) is 14.9. The Labute approximate surface area is 288 Å². The molecule has 14 heteroatoms. The summed E-state index contributed by atoms with van der Waals surface area (Å²) in [6.07, 6.45) is 9.41. The van der Waals surface area contributed by atoms with Crippen molar-refractivity contribution in [2.45, 2.75) is 42.5 Å². The van der Waals surface area contributed by atoms with Crippen LogP contribution in [0, 0.1) is 0 Å². The van der Waals surface area contributed by atoms with Crippen LogP contribution < -0.4 is 14.2 Å². The molecule has 1 aromatic heterocycles. The van der Waals surface area contributed by atoms with Crippen LogP contribution in [0.25, 0.3) is 27.4 Å². The highest BCUT2D eigenvalue weighted by atomic mass is 32.2. The summed E-state index contributed by atoms with van der Waals surface area (Å²) in [7, 11) is -8.78. The lowest BCUT2D eigenvalue weighted by Gasteiger charge is -2.20. The molecule has 0 unspecified atom stereocenters. The van der Waals surface area contributed by atoms with Crippen LogP contribution in [0.1, 0.15) is 31.2 Å². The third kappa shape index (κ3) is 8.99. The lowest BCUT2D eigenvalue weighted by Crippen LogP contribution is -2.35. The molecular weight excluding hydrogens is 697 g/mol. The zero-order valence-corrected chi connectivity index (χ0v) is 30.3. The maximum atomic E-state index is 11.7. The lowest BCUT2D eigenvalue weighted by molar-refractivity contribution is -0.669. The van der Waals surface area contributed by atoms with E-state index in [4.69, 9.17) is 4.74 Å². The van der Waals surface area contributed by atoms with E-state index in [1.807, 2.05) is 74.0 Å². The largest absolute Gasteiger partial charge is 0.748 e. The maximum absolute atomic E-state index is 11.7. The van der Waals surface area contributed by atoms with Gasteiger partial charge < -0.3 is 18.7 Å². The summed E-state index contributed by atoms with van der Waals surface area (Å²) in [4.78, 5) is 4.04. The first-order chi connectivity index (χ1) is 22.4. The quantitative estimate of drug-likeness (QED) is 0.0598. The molecule has 0 spiro atoms. The summed E-state index contributed by atoms with van der Waals surface area (Å²) >= 11 is 4.96. The van der Waals surface area contributed by atoms with Crippen LogP contribution in [0.4, 0.5) is 5.69 Å². The van der Waals surface area contributed by atoms with E-state index in [9.17, 15) is 25.9 Å². The van der Waals surface area contributed by atoms with E-state index in [0.717, 1.165) is 36.8 Å². The molecule has 1 aliphatic heterocycles. The third-order valence-corrected chi connectivity index (χ3v) is 11.9. The zero-order valence-electron chi connectivity index (χ0n) is 26.2. The van der Waals surface area contributed by atoms with Crippen molar-refractivity contribution in [2.24, 2.45) is 0 Å². The Morgan fingerprint density at radius 1 is 0.915 bits per heavy atom. The van der Waals surface area contributed by atoms with Crippen LogP contribution in [0.15, 0.2) is 88.0 Å². The van der Waals surface area contributed by atoms with Gasteiger partial charge in [-0.3, -0.25) is 0 Å². The summed E-state index contributed by atoms with van der Waals surface area (Å²) in [6, 6.07) is 19.9. The predicted octanol–water partition coefficient (Wildman–Crippen LogP) is 6.70. The number of unbranched alkanes of at least 4 members (excludes halogenated alkanes) is 1. The van der Waals surface area contributed by atoms with Crippen LogP contribution in [0.2, 0.25) is 0 Å². The number of fused-ring (bicyclic) bond motifs is 2. The molecule has 47 heavy (non-hydrogen) atoms. The number of anilines is 1. The lowest BCUT2D eigenvalue weighted by atomic mass is 10.0. The fraction of sp³-hybridized carbons (Fsp3) is 0.303. The standard InChI is InChI=1S/C33H36N2O7S5/c1-4-23(19-33-35(14-8-9-16-46(36,37)38)27-21-30(43-2)31(44-3)22-29(27)45-33)18-32-34(15-17-47(39,40)41)26-20-25(12-13-28(26)42-32)24-10-6-5-7-11-24/h5-7,10-13,18-22H,4,8-9,14-17H2,1-3H3,(H-,36,37,38,39,40,41)/p-1. The first kappa shape index (κ1) is 35.5. The molecule has 0 saturated carbocycles. The zero-order chi connectivity index (χ0) is 33.8. The third-order valence-electron chi connectivity index (χ3n) is 7.69. The van der Waals surface area contributed by atoms with E-state index in [1.165, 1.54) is 4.90 Å². The number of ether oxygens (including phenoxy) is 1. The summed E-state index contributed by atoms with van der Waals surface area (Å²) in [5.74, 6) is -0.00374. The smallest absolute Gasteiger partial charge is 0.263 e. The van der Waals surface area contributed by atoms with Crippen molar-refractivity contribution < 1.29 is 35.2 Å². The molecule has 0 radical (unpaired) electrons. The second-order valence-electron chi connectivity index (χ2n) is 10.9. The number of thioether (sulfide) groups is 2. The molecule has 4 aromatic rings. The SMILES string of the molecule is CCC(=Cc1sc2cc(SC)c(SC)cc2[n+]1CCCCS(=O)(=O)[O-])C=C1Oc2ccc(-c3ccccc3)cc2N1CCS(=O)(=O)[O-]. The molecule has 3 aromatic carbocycles. The number of nitrogens with zero attached hydrogens (tertiary/aromatic N) is 2. The minimum Gasteiger partial charge on any atom is -0.748 e. The molecule has 0 bridgehead atoms. The molecule has 1 aliphatic rings. The van der Waals surface area contributed by atoms with Gasteiger partial charge in [-0.25, -0.2) is 16.8 Å². The molecular formula is C33H35N2O7S5-. The number of aromatic nitrogens is 1. The van der Waals surface area contributed by atoms with Gasteiger partial charge in [-0.15, -0.1) is 23.5 Å². The van der Waals surface area contributed by atoms with Crippen molar-refractivity contribution in [3.63, 3.8) is 0 Å². The van der Waals surface area contributed by atoms with Gasteiger partial charge in [0.2, 0.25) is 11.4 Å². The molecule has 250 valence electrons. The van der Waals surface area contributed by atoms with Gasteiger partial charge in [0, 0.05) is 46.7 Å². The van der Waals surface area contributed by atoms with E-state index in [1.54, 1.807) is 39.8 Å². The predicted molar refractivity (Wildman–Crippen MR) is 190 cm³/mol. The molecule has 9 nitrogen and oxygen atoms in total. The second kappa shape index (κ2) is 15.1. The molecule has 0 saturated heterocycles. The summed E-state index contributed by atoms with van der Waals surface area (Å²) in [5.41, 5.74) is 4.53. The first-order valence-corrected chi connectivity index (χ1v) is 21.3. The van der Waals surface area contributed by atoms with E-state index >= 15 is 0 Å². The molecule has 0 N–H and O–H groups in total. The maximum Gasteiger partial charge on any atom is 0.263 e. The Bertz CT molecular complexity index is 2040. The van der Waals surface area contributed by atoms with Crippen molar-refractivity contribution in [2.75, 3.05) is 35.5 Å². The fourth-order valence-corrected chi connectivity index (χ4v) is 9.04. The van der Waals surface area contributed by atoms with E-state index < -0.39 is 31.7 Å². The van der Waals surface area contributed by atoms with Crippen molar-refractivity contribution in [3.05, 3.63) is 83.2 Å². The summed E-state index contributed by atoms with van der Waals surface area (Å²) < 4.78 is 78.2. The Balaban J connectivity index is 1.55. The van der Waals surface area contributed by atoms with Crippen LogP contribution in [-0.2, 0) is 26.8 Å². The van der Waals surface area contributed by atoms with Gasteiger partial charge in [-0.1, -0.05) is 54.7 Å². The average Bonchev–Trinajstić information content (AvgIpc) is 3.55. The molecule has 0 amide bonds. The molecule has 0 atom stereocenters.